The lowest BCUT2D eigenvalue weighted by Gasteiger charge is -1.85. The molecule has 1 aromatic heterocycles. The van der Waals surface area contributed by atoms with E-state index in [0.717, 1.165) is 0 Å². The van der Waals surface area contributed by atoms with E-state index in [1.54, 1.807) is 11.3 Å². The second-order valence-corrected chi connectivity index (χ2v) is 3.10. The highest BCUT2D eigenvalue weighted by atomic mass is 32.1. The van der Waals surface area contributed by atoms with E-state index in [2.05, 4.69) is 35.5 Å². The summed E-state index contributed by atoms with van der Waals surface area (Å²) in [6.07, 6.45) is 4.27. The van der Waals surface area contributed by atoms with Gasteiger partial charge in [0.1, 0.15) is 0 Å². The molecule has 0 N–H and O–H groups in total. The molecule has 0 aliphatic carbocycles. The quantitative estimate of drug-likeness (QED) is 0.491. The minimum atomic E-state index is 1.33. The molecule has 47 valence electrons. The zero-order valence-corrected chi connectivity index (χ0v) is 6.27. The first kappa shape index (κ1) is 5.99. The average molecular weight is 145 g/mol. The summed E-state index contributed by atoms with van der Waals surface area (Å²) in [5, 5.41) is 2.12. The van der Waals surface area contributed by atoms with Crippen molar-refractivity contribution in [3.63, 3.8) is 0 Å². The molecule has 1 aliphatic rings. The summed E-state index contributed by atoms with van der Waals surface area (Å²) in [4.78, 5) is 1.35. The van der Waals surface area contributed by atoms with Crippen molar-refractivity contribution in [2.75, 3.05) is 0 Å². The Kier molecular flexibility index (Phi) is 1.48. The molecule has 0 spiro atoms. The second-order valence-electron chi connectivity index (χ2n) is 2.15. The van der Waals surface area contributed by atoms with Crippen LogP contribution >= 0.6 is 11.3 Å². The van der Waals surface area contributed by atoms with Crippen LogP contribution in [-0.2, 0) is 0 Å². The highest BCUT2D eigenvalue weighted by molar-refractivity contribution is 7.11. The lowest BCUT2D eigenvalue weighted by atomic mass is 9.79. The fourth-order valence-electron chi connectivity index (χ4n) is 0.970. The molecule has 0 bridgehead atoms. The molecule has 2 heterocycles. The van der Waals surface area contributed by atoms with E-state index in [1.807, 2.05) is 7.28 Å². The Hall–Kier alpha value is -0.755. The van der Waals surface area contributed by atoms with E-state index >= 15 is 0 Å². The molecular weight excluding hydrogens is 139 g/mol. The van der Waals surface area contributed by atoms with Crippen LogP contribution in [0.5, 0.6) is 0 Å². The van der Waals surface area contributed by atoms with Gasteiger partial charge in [0, 0.05) is 4.88 Å². The molecule has 10 heavy (non-hydrogen) atoms. The Balaban J connectivity index is 2.56. The molecule has 0 aromatic carbocycles. The normalized spacial score (nSPS) is 14.0. The van der Waals surface area contributed by atoms with Crippen LogP contribution in [-0.4, -0.2) is 7.28 Å². The maximum absolute atomic E-state index is 2.14. The smallest absolute Gasteiger partial charge is 0.144 e. The molecule has 0 atom stereocenters. The molecule has 1 aromatic rings. The molecule has 1 aliphatic heterocycles. The molecule has 0 unspecified atom stereocenters. The topological polar surface area (TPSA) is 0 Å². The third-order valence-corrected chi connectivity index (χ3v) is 2.37. The van der Waals surface area contributed by atoms with Gasteiger partial charge in [-0.3, -0.25) is 0 Å². The molecule has 0 saturated carbocycles. The molecule has 0 nitrogen and oxygen atoms in total. The van der Waals surface area contributed by atoms with Gasteiger partial charge in [-0.25, -0.2) is 0 Å². The van der Waals surface area contributed by atoms with Crippen LogP contribution in [0.15, 0.2) is 23.4 Å². The van der Waals surface area contributed by atoms with Gasteiger partial charge in [-0.15, -0.1) is 23.3 Å². The van der Waals surface area contributed by atoms with Crippen LogP contribution in [0.1, 0.15) is 10.4 Å². The zero-order valence-electron chi connectivity index (χ0n) is 5.45. The Labute approximate surface area is 65.1 Å². The largest absolute Gasteiger partial charge is 0.171 e. The first-order valence-corrected chi connectivity index (χ1v) is 4.10. The highest BCUT2D eigenvalue weighted by Crippen LogP contribution is 2.20. The molecule has 1 radical (unpaired) electrons. The first-order valence-electron chi connectivity index (χ1n) is 3.22. The van der Waals surface area contributed by atoms with Gasteiger partial charge in [-0.2, -0.15) is 0 Å². The maximum atomic E-state index is 2.14. The van der Waals surface area contributed by atoms with Gasteiger partial charge < -0.3 is 0 Å². The third-order valence-electron chi connectivity index (χ3n) is 1.47. The van der Waals surface area contributed by atoms with Gasteiger partial charge in [-0.05, 0) is 17.0 Å². The van der Waals surface area contributed by atoms with Crippen molar-refractivity contribution in [1.29, 1.82) is 0 Å². The average Bonchev–Trinajstić information content (AvgIpc) is 2.28. The lowest BCUT2D eigenvalue weighted by molar-refractivity contribution is 1.85. The first-order chi connectivity index (χ1) is 4.97. The van der Waals surface area contributed by atoms with Crippen molar-refractivity contribution < 1.29 is 0 Å². The van der Waals surface area contributed by atoms with Crippen LogP contribution in [0.3, 0.4) is 0 Å². The SMILES string of the molecule is [B]1C=Cc2ccsc2C=C1. The highest BCUT2D eigenvalue weighted by Gasteiger charge is 1.97. The fraction of sp³-hybridized carbons (Fsp3) is 0. The summed E-state index contributed by atoms with van der Waals surface area (Å²) in [5.74, 6) is 4.13. The van der Waals surface area contributed by atoms with Crippen LogP contribution in [0.25, 0.3) is 12.2 Å². The minimum absolute atomic E-state index is 1.33. The van der Waals surface area contributed by atoms with E-state index in [4.69, 9.17) is 0 Å². The van der Waals surface area contributed by atoms with E-state index < -0.39 is 0 Å². The van der Waals surface area contributed by atoms with E-state index in [1.165, 1.54) is 10.4 Å². The summed E-state index contributed by atoms with van der Waals surface area (Å²) in [5.41, 5.74) is 1.33. The Morgan fingerprint density at radius 2 is 2.10 bits per heavy atom. The second kappa shape index (κ2) is 2.47. The maximum Gasteiger partial charge on any atom is 0.171 e. The van der Waals surface area contributed by atoms with Crippen molar-refractivity contribution in [2.45, 2.75) is 0 Å². The van der Waals surface area contributed by atoms with Gasteiger partial charge in [0.2, 0.25) is 0 Å². The number of hydrogen-bond acceptors (Lipinski definition) is 1. The molecular formula is C8H6BS. The van der Waals surface area contributed by atoms with Crippen molar-refractivity contribution >= 4 is 30.8 Å². The monoisotopic (exact) mass is 145 g/mol. The van der Waals surface area contributed by atoms with Crippen molar-refractivity contribution in [2.24, 2.45) is 0 Å². The molecule has 0 amide bonds. The van der Waals surface area contributed by atoms with E-state index in [9.17, 15) is 0 Å². The standard InChI is InChI=1S/C8H6BS/c1-4-9-5-2-8-7(1)3-6-10-8/h1-6H. The molecule has 0 saturated heterocycles. The third kappa shape index (κ3) is 0.950. The summed E-state index contributed by atoms with van der Waals surface area (Å²) in [7, 11) is 2.05. The predicted molar refractivity (Wildman–Crippen MR) is 48.1 cm³/mol. The fourth-order valence-corrected chi connectivity index (χ4v) is 1.76. The van der Waals surface area contributed by atoms with Crippen LogP contribution in [0, 0.1) is 0 Å². The van der Waals surface area contributed by atoms with Gasteiger partial charge >= 0.3 is 0 Å². The van der Waals surface area contributed by atoms with E-state index in [-0.39, 0.29) is 0 Å². The summed E-state index contributed by atoms with van der Waals surface area (Å²) in [6, 6.07) is 2.14. The minimum Gasteiger partial charge on any atom is -0.144 e. The van der Waals surface area contributed by atoms with Gasteiger partial charge in [0.05, 0.1) is 0 Å². The number of hydrogen-bond donors (Lipinski definition) is 0. The van der Waals surface area contributed by atoms with E-state index in [0.29, 0.717) is 0 Å². The van der Waals surface area contributed by atoms with Crippen LogP contribution < -0.4 is 0 Å². The molecule has 2 rings (SSSR count). The Morgan fingerprint density at radius 3 is 3.10 bits per heavy atom. The van der Waals surface area contributed by atoms with Crippen molar-refractivity contribution in [1.82, 2.24) is 0 Å². The summed E-state index contributed by atoms with van der Waals surface area (Å²) in [6.45, 7) is 0. The number of thiophene rings is 1. The lowest BCUT2D eigenvalue weighted by Crippen LogP contribution is -1.70. The summed E-state index contributed by atoms with van der Waals surface area (Å²) >= 11 is 1.78. The van der Waals surface area contributed by atoms with Crippen molar-refractivity contribution in [3.8, 4) is 0 Å². The van der Waals surface area contributed by atoms with Crippen molar-refractivity contribution in [3.05, 3.63) is 33.8 Å². The van der Waals surface area contributed by atoms with Gasteiger partial charge in [0.15, 0.2) is 7.28 Å². The van der Waals surface area contributed by atoms with Crippen LogP contribution in [0.2, 0.25) is 0 Å². The molecule has 2 heteroatoms. The Morgan fingerprint density at radius 1 is 1.20 bits per heavy atom. The zero-order chi connectivity index (χ0) is 6.81. The molecule has 0 fully saturated rings. The van der Waals surface area contributed by atoms with Gasteiger partial charge in [0.25, 0.3) is 0 Å². The summed E-state index contributed by atoms with van der Waals surface area (Å²) < 4.78 is 0. The predicted octanol–water partition coefficient (Wildman–Crippen LogP) is 2.41. The Bertz CT molecular complexity index is 257. The van der Waals surface area contributed by atoms with Crippen LogP contribution in [0.4, 0.5) is 0 Å². The number of fused-ring (bicyclic) bond motifs is 1. The van der Waals surface area contributed by atoms with Gasteiger partial charge in [-0.1, -0.05) is 12.2 Å². The number of rotatable bonds is 0.